The van der Waals surface area contributed by atoms with E-state index in [1.807, 2.05) is 0 Å². The Morgan fingerprint density at radius 3 is 2.75 bits per heavy atom. The number of rotatable bonds is 4. The normalized spacial score (nSPS) is 14.4. The van der Waals surface area contributed by atoms with Gasteiger partial charge in [-0.3, -0.25) is 10.1 Å². The largest absolute Gasteiger partial charge is 0.392 e. The van der Waals surface area contributed by atoms with Gasteiger partial charge in [-0.15, -0.1) is 0 Å². The van der Waals surface area contributed by atoms with Crippen LogP contribution in [0.15, 0.2) is 11.2 Å². The third-order valence-electron chi connectivity index (χ3n) is 1.93. The molecule has 2 unspecified atom stereocenters. The summed E-state index contributed by atoms with van der Waals surface area (Å²) in [6.07, 6.45) is 0.472. The van der Waals surface area contributed by atoms with E-state index in [0.717, 1.165) is 18.0 Å². The average molecular weight is 244 g/mol. The molecule has 0 amide bonds. The second kappa shape index (κ2) is 5.08. The van der Waals surface area contributed by atoms with Crippen molar-refractivity contribution in [3.8, 4) is 0 Å². The van der Waals surface area contributed by atoms with Crippen LogP contribution in [0, 0.1) is 10.1 Å². The number of anilines is 1. The van der Waals surface area contributed by atoms with Gasteiger partial charge in [-0.05, 0) is 6.92 Å². The molecule has 0 aliphatic rings. The maximum atomic E-state index is 10.7. The van der Waals surface area contributed by atoms with Crippen molar-refractivity contribution in [2.24, 2.45) is 0 Å². The number of nitrogen functional groups attached to an aromatic ring is 1. The first-order valence-corrected chi connectivity index (χ1v) is 5.41. The topological polar surface area (TPSA) is 115 Å². The Kier molecular flexibility index (Phi) is 4.02. The molecule has 0 fully saturated rings. The maximum Gasteiger partial charge on any atom is 0.319 e. The number of aliphatic hydroxyl groups excluding tert-OH is 1. The van der Waals surface area contributed by atoms with Gasteiger partial charge in [-0.1, -0.05) is 18.7 Å². The van der Waals surface area contributed by atoms with E-state index in [-0.39, 0.29) is 21.9 Å². The molecule has 1 aromatic heterocycles. The summed E-state index contributed by atoms with van der Waals surface area (Å²) in [6.45, 7) is 3.35. The van der Waals surface area contributed by atoms with Gasteiger partial charge in [0.15, 0.2) is 5.03 Å². The van der Waals surface area contributed by atoms with E-state index in [0.29, 0.717) is 0 Å². The lowest BCUT2D eigenvalue weighted by Crippen LogP contribution is -2.15. The van der Waals surface area contributed by atoms with Gasteiger partial charge in [0.1, 0.15) is 6.20 Å². The van der Waals surface area contributed by atoms with Crippen molar-refractivity contribution in [2.75, 3.05) is 5.73 Å². The predicted molar refractivity (Wildman–Crippen MR) is 60.1 cm³/mol. The van der Waals surface area contributed by atoms with E-state index in [4.69, 9.17) is 5.73 Å². The van der Waals surface area contributed by atoms with Crippen molar-refractivity contribution < 1.29 is 10.0 Å². The molecule has 0 aliphatic heterocycles. The summed E-state index contributed by atoms with van der Waals surface area (Å²) in [5.74, 6) is -0.0223. The van der Waals surface area contributed by atoms with Gasteiger partial charge in [0.05, 0.1) is 11.0 Å². The molecule has 0 saturated carbocycles. The van der Waals surface area contributed by atoms with E-state index in [2.05, 4.69) is 9.97 Å². The fourth-order valence-corrected chi connectivity index (χ4v) is 1.80. The van der Waals surface area contributed by atoms with E-state index >= 15 is 0 Å². The molecule has 3 N–H and O–H groups in total. The Morgan fingerprint density at radius 2 is 2.25 bits per heavy atom. The molecule has 88 valence electrons. The van der Waals surface area contributed by atoms with E-state index in [1.54, 1.807) is 13.8 Å². The number of nitrogens with zero attached hydrogens (tertiary/aromatic N) is 3. The Morgan fingerprint density at radius 1 is 1.62 bits per heavy atom. The lowest BCUT2D eigenvalue weighted by Gasteiger charge is -2.13. The number of nitrogens with two attached hydrogens (primary N) is 1. The molecule has 1 rings (SSSR count). The Bertz CT molecular complexity index is 399. The second-order valence-electron chi connectivity index (χ2n) is 3.24. The molecule has 1 heterocycles. The van der Waals surface area contributed by atoms with Crippen LogP contribution in [0.25, 0.3) is 0 Å². The maximum absolute atomic E-state index is 10.7. The fourth-order valence-electron chi connectivity index (χ4n) is 0.859. The highest BCUT2D eigenvalue weighted by Gasteiger charge is 2.21. The zero-order valence-electron chi connectivity index (χ0n) is 8.82. The summed E-state index contributed by atoms with van der Waals surface area (Å²) in [6, 6.07) is 0. The smallest absolute Gasteiger partial charge is 0.319 e. The predicted octanol–water partition coefficient (Wildman–Crippen LogP) is 0.828. The van der Waals surface area contributed by atoms with Gasteiger partial charge >= 0.3 is 5.69 Å². The lowest BCUT2D eigenvalue weighted by molar-refractivity contribution is -0.388. The number of aromatic nitrogens is 2. The van der Waals surface area contributed by atoms with Crippen LogP contribution < -0.4 is 5.73 Å². The number of hydrogen-bond acceptors (Lipinski definition) is 7. The number of aliphatic hydroxyl groups is 1. The molecule has 0 bridgehead atoms. The van der Waals surface area contributed by atoms with E-state index in [1.165, 1.54) is 0 Å². The Hall–Kier alpha value is -1.41. The minimum absolute atomic E-state index is 0.0223. The summed E-state index contributed by atoms with van der Waals surface area (Å²) in [4.78, 5) is 17.5. The standard InChI is InChI=1S/C8H12N4O3S/c1-4(13)5(2)16-7-6(12(14)15)3-10-8(9)11-7/h3-5,13H,1-2H3,(H2,9,10,11). The molecular formula is C8H12N4O3S. The highest BCUT2D eigenvalue weighted by molar-refractivity contribution is 8.00. The molecule has 0 aliphatic carbocycles. The highest BCUT2D eigenvalue weighted by atomic mass is 32.2. The van der Waals surface area contributed by atoms with Gasteiger partial charge < -0.3 is 10.8 Å². The minimum Gasteiger partial charge on any atom is -0.392 e. The molecule has 1 aromatic rings. The number of nitro groups is 1. The van der Waals surface area contributed by atoms with Crippen LogP contribution in [-0.2, 0) is 0 Å². The van der Waals surface area contributed by atoms with Gasteiger partial charge in [0.25, 0.3) is 0 Å². The Labute approximate surface area is 96.2 Å². The first-order chi connectivity index (χ1) is 7.41. The van der Waals surface area contributed by atoms with Gasteiger partial charge in [-0.2, -0.15) is 4.98 Å². The van der Waals surface area contributed by atoms with Crippen LogP contribution in [0.3, 0.4) is 0 Å². The summed E-state index contributed by atoms with van der Waals surface area (Å²) >= 11 is 1.10. The van der Waals surface area contributed by atoms with Crippen LogP contribution in [0.4, 0.5) is 11.6 Å². The van der Waals surface area contributed by atoms with Crippen molar-refractivity contribution in [3.05, 3.63) is 16.3 Å². The summed E-state index contributed by atoms with van der Waals surface area (Å²) in [5.41, 5.74) is 5.16. The van der Waals surface area contributed by atoms with Crippen molar-refractivity contribution in [2.45, 2.75) is 30.2 Å². The van der Waals surface area contributed by atoms with Gasteiger partial charge in [0.2, 0.25) is 5.95 Å². The van der Waals surface area contributed by atoms with Gasteiger partial charge in [0, 0.05) is 5.25 Å². The SMILES string of the molecule is CC(O)C(C)Sc1nc(N)ncc1[N+](=O)[O-]. The van der Waals surface area contributed by atoms with E-state index < -0.39 is 11.0 Å². The van der Waals surface area contributed by atoms with Crippen LogP contribution in [0.5, 0.6) is 0 Å². The fraction of sp³-hybridized carbons (Fsp3) is 0.500. The van der Waals surface area contributed by atoms with Crippen molar-refractivity contribution in [3.63, 3.8) is 0 Å². The first-order valence-electron chi connectivity index (χ1n) is 4.53. The third kappa shape index (κ3) is 3.04. The summed E-state index contributed by atoms with van der Waals surface area (Å²) in [5, 5.41) is 20.0. The van der Waals surface area contributed by atoms with Crippen molar-refractivity contribution in [1.82, 2.24) is 9.97 Å². The second-order valence-corrected chi connectivity index (χ2v) is 4.61. The highest BCUT2D eigenvalue weighted by Crippen LogP contribution is 2.31. The molecule has 0 aromatic carbocycles. The zero-order valence-corrected chi connectivity index (χ0v) is 9.64. The summed E-state index contributed by atoms with van der Waals surface area (Å²) in [7, 11) is 0. The van der Waals surface area contributed by atoms with Crippen LogP contribution >= 0.6 is 11.8 Å². The van der Waals surface area contributed by atoms with Crippen molar-refractivity contribution in [1.29, 1.82) is 0 Å². The molecule has 0 spiro atoms. The Balaban J connectivity index is 3.01. The molecular weight excluding hydrogens is 232 g/mol. The van der Waals surface area contributed by atoms with Crippen LogP contribution in [0.2, 0.25) is 0 Å². The molecule has 8 heteroatoms. The monoisotopic (exact) mass is 244 g/mol. The zero-order chi connectivity index (χ0) is 12.3. The summed E-state index contributed by atoms with van der Waals surface area (Å²) < 4.78 is 0. The third-order valence-corrected chi connectivity index (χ3v) is 3.22. The molecule has 16 heavy (non-hydrogen) atoms. The van der Waals surface area contributed by atoms with Crippen molar-refractivity contribution >= 4 is 23.4 Å². The quantitative estimate of drug-likeness (QED) is 0.349. The molecule has 7 nitrogen and oxygen atoms in total. The lowest BCUT2D eigenvalue weighted by atomic mass is 10.3. The van der Waals surface area contributed by atoms with Crippen LogP contribution in [-0.4, -0.2) is 31.4 Å². The van der Waals surface area contributed by atoms with Crippen LogP contribution in [0.1, 0.15) is 13.8 Å². The number of thioether (sulfide) groups is 1. The minimum atomic E-state index is -0.596. The van der Waals surface area contributed by atoms with E-state index in [9.17, 15) is 15.2 Å². The molecule has 0 radical (unpaired) electrons. The van der Waals surface area contributed by atoms with Gasteiger partial charge in [-0.25, -0.2) is 4.98 Å². The average Bonchev–Trinajstić information content (AvgIpc) is 2.16. The molecule has 2 atom stereocenters. The number of hydrogen-bond donors (Lipinski definition) is 2. The first kappa shape index (κ1) is 12.7. The molecule has 0 saturated heterocycles.